The maximum absolute atomic E-state index is 13.5. The second-order valence-electron chi connectivity index (χ2n) is 9.95. The molecule has 1 atom stereocenters. The Bertz CT molecular complexity index is 1430. The molecule has 1 aliphatic heterocycles. The van der Waals surface area contributed by atoms with Crippen molar-refractivity contribution < 1.29 is 18.7 Å². The average Bonchev–Trinajstić information content (AvgIpc) is 3.46. The molecule has 2 aromatic heterocycles. The van der Waals surface area contributed by atoms with Gasteiger partial charge in [-0.1, -0.05) is 29.8 Å². The van der Waals surface area contributed by atoms with Crippen molar-refractivity contribution in [3.05, 3.63) is 106 Å². The molecule has 3 heterocycles. The van der Waals surface area contributed by atoms with Crippen molar-refractivity contribution in [3.63, 3.8) is 0 Å². The first-order valence-electron chi connectivity index (χ1n) is 13.2. The highest BCUT2D eigenvalue weighted by atomic mass is 16.5. The molecule has 0 bridgehead atoms. The highest BCUT2D eigenvalue weighted by molar-refractivity contribution is 5.76. The Morgan fingerprint density at radius 2 is 1.95 bits per heavy atom. The number of carbonyl (C=O) groups excluding carboxylic acids is 1. The van der Waals surface area contributed by atoms with Crippen molar-refractivity contribution in [1.82, 2.24) is 20.2 Å². The number of nitrogens with zero attached hydrogens (tertiary/aromatic N) is 3. The molecular formula is C31H34N4O4. The lowest BCUT2D eigenvalue weighted by Crippen LogP contribution is -2.46. The molecule has 8 nitrogen and oxygen atoms in total. The molecule has 0 saturated heterocycles. The molecule has 39 heavy (non-hydrogen) atoms. The van der Waals surface area contributed by atoms with Gasteiger partial charge in [0, 0.05) is 24.9 Å². The topological polar surface area (TPSA) is 89.7 Å². The molecule has 202 valence electrons. The normalized spacial score (nSPS) is 14.6. The van der Waals surface area contributed by atoms with E-state index in [-0.39, 0.29) is 12.1 Å². The van der Waals surface area contributed by atoms with Crippen molar-refractivity contribution in [2.75, 3.05) is 20.3 Å². The van der Waals surface area contributed by atoms with Gasteiger partial charge in [0.25, 0.3) is 0 Å². The summed E-state index contributed by atoms with van der Waals surface area (Å²) in [6.45, 7) is 7.49. The first-order chi connectivity index (χ1) is 18.9. The van der Waals surface area contributed by atoms with Crippen LogP contribution in [0.15, 0.2) is 65.7 Å². The summed E-state index contributed by atoms with van der Waals surface area (Å²) in [7, 11) is 1.66. The van der Waals surface area contributed by atoms with Crippen molar-refractivity contribution in [3.8, 4) is 11.5 Å². The quantitative estimate of drug-likeness (QED) is 0.327. The van der Waals surface area contributed by atoms with Crippen molar-refractivity contribution >= 4 is 6.03 Å². The molecule has 0 fully saturated rings. The first-order valence-corrected chi connectivity index (χ1v) is 13.2. The van der Waals surface area contributed by atoms with E-state index in [0.29, 0.717) is 43.3 Å². The van der Waals surface area contributed by atoms with Crippen LogP contribution in [-0.4, -0.2) is 41.2 Å². The number of pyridine rings is 1. The van der Waals surface area contributed by atoms with E-state index in [1.807, 2.05) is 30.2 Å². The van der Waals surface area contributed by atoms with E-state index in [1.165, 1.54) is 18.2 Å². The standard InChI is InChI=1S/C31H34N4O4/c1-20-5-8-26(21(2)13-20)30-27-15-29(39-12-10-23-7-6-22(3)32-16-23)28(37-4)14-24(27)9-11-35(30)31(36)33-17-25-18-38-19-34-25/h5-8,13-16,18-19,30H,9-12,17H2,1-4H3,(H,33,36). The smallest absolute Gasteiger partial charge is 0.318 e. The molecule has 1 aliphatic rings. The van der Waals surface area contributed by atoms with E-state index < -0.39 is 0 Å². The molecule has 5 rings (SSSR count). The Balaban J connectivity index is 1.46. The Morgan fingerprint density at radius 1 is 1.08 bits per heavy atom. The SMILES string of the molecule is COc1cc2c(cc1OCCc1ccc(C)nc1)C(c1ccc(C)cc1C)N(C(=O)NCc1cocn1)CC2. The van der Waals surface area contributed by atoms with Gasteiger partial charge in [-0.15, -0.1) is 0 Å². The van der Waals surface area contributed by atoms with Crippen LogP contribution in [0.2, 0.25) is 0 Å². The van der Waals surface area contributed by atoms with Crippen LogP contribution in [0.5, 0.6) is 11.5 Å². The molecule has 0 radical (unpaired) electrons. The number of hydrogen-bond acceptors (Lipinski definition) is 6. The molecule has 4 aromatic rings. The molecule has 2 aromatic carbocycles. The molecular weight excluding hydrogens is 492 g/mol. The van der Waals surface area contributed by atoms with Gasteiger partial charge in [-0.3, -0.25) is 4.98 Å². The van der Waals surface area contributed by atoms with Crippen LogP contribution in [-0.2, 0) is 19.4 Å². The number of urea groups is 1. The number of nitrogens with one attached hydrogen (secondary N) is 1. The zero-order chi connectivity index (χ0) is 27.4. The van der Waals surface area contributed by atoms with Gasteiger partial charge in [0.05, 0.1) is 32.0 Å². The van der Waals surface area contributed by atoms with Crippen molar-refractivity contribution in [1.29, 1.82) is 0 Å². The second-order valence-corrected chi connectivity index (χ2v) is 9.95. The molecule has 0 saturated carbocycles. The summed E-state index contributed by atoms with van der Waals surface area (Å²) < 4.78 is 17.0. The first kappa shape index (κ1) is 26.3. The average molecular weight is 527 g/mol. The Hall–Kier alpha value is -4.33. The van der Waals surface area contributed by atoms with E-state index in [0.717, 1.165) is 39.9 Å². The number of carbonyl (C=O) groups is 1. The zero-order valence-corrected chi connectivity index (χ0v) is 22.9. The van der Waals surface area contributed by atoms with Gasteiger partial charge >= 0.3 is 6.03 Å². The van der Waals surface area contributed by atoms with Crippen LogP contribution in [0.3, 0.4) is 0 Å². The predicted molar refractivity (Wildman–Crippen MR) is 148 cm³/mol. The minimum absolute atomic E-state index is 0.154. The number of benzene rings is 2. The van der Waals surface area contributed by atoms with E-state index >= 15 is 0 Å². The molecule has 1 unspecified atom stereocenters. The number of methoxy groups -OCH3 is 1. The third-order valence-electron chi connectivity index (χ3n) is 7.16. The third kappa shape index (κ3) is 5.90. The Labute approximate surface area is 229 Å². The predicted octanol–water partition coefficient (Wildman–Crippen LogP) is 5.48. The van der Waals surface area contributed by atoms with Gasteiger partial charge in [0.1, 0.15) is 6.26 Å². The number of aryl methyl sites for hydroxylation is 3. The largest absolute Gasteiger partial charge is 0.493 e. The van der Waals surface area contributed by atoms with Crippen molar-refractivity contribution in [2.45, 2.75) is 46.2 Å². The lowest BCUT2D eigenvalue weighted by molar-refractivity contribution is 0.179. The summed E-state index contributed by atoms with van der Waals surface area (Å²) in [5, 5.41) is 3.01. The van der Waals surface area contributed by atoms with Crippen LogP contribution in [0.4, 0.5) is 4.79 Å². The number of hydrogen-bond donors (Lipinski definition) is 1. The lowest BCUT2D eigenvalue weighted by Gasteiger charge is -2.38. The van der Waals surface area contributed by atoms with Gasteiger partial charge in [-0.05, 0) is 73.2 Å². The summed E-state index contributed by atoms with van der Waals surface area (Å²) in [5.41, 5.74) is 8.35. The van der Waals surface area contributed by atoms with E-state index in [1.54, 1.807) is 7.11 Å². The third-order valence-corrected chi connectivity index (χ3v) is 7.16. The number of aromatic nitrogens is 2. The van der Waals surface area contributed by atoms with Gasteiger partial charge in [0.15, 0.2) is 17.9 Å². The summed E-state index contributed by atoms with van der Waals surface area (Å²) in [4.78, 5) is 23.9. The van der Waals surface area contributed by atoms with E-state index in [4.69, 9.17) is 13.9 Å². The Kier molecular flexibility index (Phi) is 7.81. The molecule has 1 N–H and O–H groups in total. The summed E-state index contributed by atoms with van der Waals surface area (Å²) >= 11 is 0. The van der Waals surface area contributed by atoms with E-state index in [2.05, 4.69) is 59.5 Å². The van der Waals surface area contributed by atoms with Gasteiger partial charge in [0.2, 0.25) is 0 Å². The monoisotopic (exact) mass is 526 g/mol. The molecule has 0 spiro atoms. The number of fused-ring (bicyclic) bond motifs is 1. The van der Waals surface area contributed by atoms with E-state index in [9.17, 15) is 4.79 Å². The van der Waals surface area contributed by atoms with Crippen molar-refractivity contribution in [2.24, 2.45) is 0 Å². The number of ether oxygens (including phenoxy) is 2. The maximum Gasteiger partial charge on any atom is 0.318 e. The summed E-state index contributed by atoms with van der Waals surface area (Å²) in [6.07, 6.45) is 6.22. The fraction of sp³-hybridized carbons (Fsp3) is 0.323. The highest BCUT2D eigenvalue weighted by Gasteiger charge is 2.34. The summed E-state index contributed by atoms with van der Waals surface area (Å²) in [6, 6.07) is 14.1. The van der Waals surface area contributed by atoms with Gasteiger partial charge in [-0.25, -0.2) is 9.78 Å². The summed E-state index contributed by atoms with van der Waals surface area (Å²) in [5.74, 6) is 1.36. The molecule has 0 aliphatic carbocycles. The minimum atomic E-state index is -0.277. The second kappa shape index (κ2) is 11.6. The van der Waals surface area contributed by atoms with Crippen LogP contribution >= 0.6 is 0 Å². The minimum Gasteiger partial charge on any atom is -0.493 e. The van der Waals surface area contributed by atoms with Crippen LogP contribution in [0.25, 0.3) is 0 Å². The van der Waals surface area contributed by atoms with Gasteiger partial charge < -0.3 is 24.1 Å². The molecule has 8 heteroatoms. The maximum atomic E-state index is 13.5. The highest BCUT2D eigenvalue weighted by Crippen LogP contribution is 2.42. The van der Waals surface area contributed by atoms with Crippen LogP contribution < -0.4 is 14.8 Å². The van der Waals surface area contributed by atoms with Crippen LogP contribution in [0, 0.1) is 20.8 Å². The number of oxazole rings is 1. The fourth-order valence-electron chi connectivity index (χ4n) is 5.10. The van der Waals surface area contributed by atoms with Crippen LogP contribution in [0.1, 0.15) is 50.8 Å². The lowest BCUT2D eigenvalue weighted by atomic mass is 9.85. The number of amides is 2. The fourth-order valence-corrected chi connectivity index (χ4v) is 5.10. The number of rotatable bonds is 8. The van der Waals surface area contributed by atoms with Gasteiger partial charge in [-0.2, -0.15) is 0 Å². The zero-order valence-electron chi connectivity index (χ0n) is 22.9. The Morgan fingerprint density at radius 3 is 2.67 bits per heavy atom. The molecule has 2 amide bonds.